The van der Waals surface area contributed by atoms with E-state index in [0.717, 1.165) is 47.0 Å². The van der Waals surface area contributed by atoms with Crippen molar-refractivity contribution in [1.82, 2.24) is 30.6 Å². The van der Waals surface area contributed by atoms with E-state index in [-0.39, 0.29) is 0 Å². The minimum absolute atomic E-state index is 0.377. The summed E-state index contributed by atoms with van der Waals surface area (Å²) < 4.78 is 0. The number of aromatic amines is 2. The minimum atomic E-state index is 0.377. The summed E-state index contributed by atoms with van der Waals surface area (Å²) in [6.07, 6.45) is 9.05. The van der Waals surface area contributed by atoms with Crippen LogP contribution in [0.4, 0.5) is 0 Å². The molecule has 2 aliphatic carbocycles. The molecule has 206 valence electrons. The highest BCUT2D eigenvalue weighted by molar-refractivity contribution is 5.94. The summed E-state index contributed by atoms with van der Waals surface area (Å²) in [6.45, 7) is 0. The number of hydrogen-bond donors (Lipinski definition) is 4. The lowest BCUT2D eigenvalue weighted by molar-refractivity contribution is 0.543. The molecule has 2 saturated heterocycles. The number of hydrogen-bond acceptors (Lipinski definition) is 4. The van der Waals surface area contributed by atoms with Crippen molar-refractivity contribution in [3.05, 3.63) is 96.8 Å². The molecule has 2 aromatic heterocycles. The highest BCUT2D eigenvalue weighted by atomic mass is 15.1. The van der Waals surface area contributed by atoms with Gasteiger partial charge in [0.2, 0.25) is 0 Å². The van der Waals surface area contributed by atoms with Crippen LogP contribution in [0.15, 0.2) is 85.2 Å². The van der Waals surface area contributed by atoms with Crippen LogP contribution in [0, 0.1) is 11.8 Å². The van der Waals surface area contributed by atoms with Gasteiger partial charge in [0.1, 0.15) is 11.6 Å². The topological polar surface area (TPSA) is 81.4 Å². The van der Waals surface area contributed by atoms with Gasteiger partial charge in [-0.05, 0) is 94.5 Å². The van der Waals surface area contributed by atoms with Crippen LogP contribution in [0.5, 0.6) is 0 Å². The summed E-state index contributed by atoms with van der Waals surface area (Å²) in [7, 11) is 0. The monoisotopic (exact) mass is 548 g/mol. The third kappa shape index (κ3) is 3.86. The SMILES string of the molecule is c1cc2cc(-c3cnc(C4CC5CC5N4)[nH]3)ccc2cc1-c1ccc2cc(-c3cnc(C4CC5CC5N4)[nH]3)ccc2c1. The maximum Gasteiger partial charge on any atom is 0.123 e. The molecule has 10 rings (SSSR count). The lowest BCUT2D eigenvalue weighted by Gasteiger charge is -2.10. The van der Waals surface area contributed by atoms with E-state index in [0.29, 0.717) is 12.1 Å². The summed E-state index contributed by atoms with van der Waals surface area (Å²) in [6, 6.07) is 29.2. The van der Waals surface area contributed by atoms with Crippen LogP contribution in [0.25, 0.3) is 55.2 Å². The predicted octanol–water partition coefficient (Wildman–Crippen LogP) is 7.29. The van der Waals surface area contributed by atoms with Gasteiger partial charge in [-0.3, -0.25) is 0 Å². The van der Waals surface area contributed by atoms with Gasteiger partial charge in [-0.2, -0.15) is 0 Å². The van der Waals surface area contributed by atoms with Crippen LogP contribution < -0.4 is 10.6 Å². The molecule has 4 aliphatic rings. The quantitative estimate of drug-likeness (QED) is 0.182. The van der Waals surface area contributed by atoms with Crippen LogP contribution in [-0.4, -0.2) is 32.0 Å². The molecular weight excluding hydrogens is 516 g/mol. The van der Waals surface area contributed by atoms with Crippen molar-refractivity contribution in [2.24, 2.45) is 11.8 Å². The normalized spacial score (nSPS) is 27.4. The van der Waals surface area contributed by atoms with Gasteiger partial charge in [-0.15, -0.1) is 0 Å². The van der Waals surface area contributed by atoms with E-state index in [4.69, 9.17) is 9.97 Å². The smallest absolute Gasteiger partial charge is 0.123 e. The molecule has 6 unspecified atom stereocenters. The Morgan fingerprint density at radius 2 is 0.881 bits per heavy atom. The Balaban J connectivity index is 0.900. The second-order valence-electron chi connectivity index (χ2n) is 13.0. The lowest BCUT2D eigenvalue weighted by atomic mass is 9.97. The number of rotatable bonds is 5. The summed E-state index contributed by atoms with van der Waals surface area (Å²) in [5.41, 5.74) is 7.00. The van der Waals surface area contributed by atoms with E-state index in [9.17, 15) is 0 Å². The molecule has 4 N–H and O–H groups in total. The molecule has 2 saturated carbocycles. The van der Waals surface area contributed by atoms with Crippen LogP contribution in [-0.2, 0) is 0 Å². The first kappa shape index (κ1) is 23.3. The maximum absolute atomic E-state index is 4.71. The van der Waals surface area contributed by atoms with Crippen molar-refractivity contribution >= 4 is 21.5 Å². The molecule has 0 amide bonds. The Bertz CT molecular complexity index is 1850. The predicted molar refractivity (Wildman–Crippen MR) is 167 cm³/mol. The summed E-state index contributed by atoms with van der Waals surface area (Å²) >= 11 is 0. The molecule has 4 aromatic carbocycles. The lowest BCUT2D eigenvalue weighted by Crippen LogP contribution is -2.18. The third-order valence-electron chi connectivity index (χ3n) is 10.2. The van der Waals surface area contributed by atoms with Crippen LogP contribution in [0.1, 0.15) is 49.4 Å². The van der Waals surface area contributed by atoms with Gasteiger partial charge < -0.3 is 20.6 Å². The first-order chi connectivity index (χ1) is 20.7. The highest BCUT2D eigenvalue weighted by Crippen LogP contribution is 2.46. The highest BCUT2D eigenvalue weighted by Gasteiger charge is 2.47. The molecule has 4 fully saturated rings. The molecule has 0 radical (unpaired) electrons. The van der Waals surface area contributed by atoms with E-state index in [2.05, 4.69) is 93.4 Å². The van der Waals surface area contributed by atoms with Gasteiger partial charge in [-0.1, -0.05) is 48.5 Å². The number of imidazole rings is 2. The zero-order valence-corrected chi connectivity index (χ0v) is 23.3. The fourth-order valence-corrected chi connectivity index (χ4v) is 7.57. The van der Waals surface area contributed by atoms with Gasteiger partial charge in [-0.25, -0.2) is 9.97 Å². The standard InChI is InChI=1S/C36H32N6/c1-3-23-11-25(33-17-37-35(41-33)31-15-27-13-29(27)39-31)7-5-21(23)9-19(1)20-2-4-24-12-26(8-6-22(24)10-20)34-18-38-36(42-34)32-16-28-14-30(28)40-32/h1-12,17-18,27-32,39-40H,13-16H2,(H,37,41)(H,38,42). The average molecular weight is 549 g/mol. The number of nitrogens with one attached hydrogen (secondary N) is 4. The Morgan fingerprint density at radius 3 is 1.29 bits per heavy atom. The Hall–Kier alpha value is -4.26. The van der Waals surface area contributed by atoms with Crippen molar-refractivity contribution in [1.29, 1.82) is 0 Å². The first-order valence-corrected chi connectivity index (χ1v) is 15.4. The number of piperidine rings is 2. The third-order valence-corrected chi connectivity index (χ3v) is 10.2. The molecule has 6 atom stereocenters. The fraction of sp³-hybridized carbons (Fsp3) is 0.278. The number of benzene rings is 4. The summed E-state index contributed by atoms with van der Waals surface area (Å²) in [5.74, 6) is 3.86. The molecule has 6 nitrogen and oxygen atoms in total. The second-order valence-corrected chi connectivity index (χ2v) is 13.0. The van der Waals surface area contributed by atoms with Crippen molar-refractivity contribution < 1.29 is 0 Å². The molecule has 0 spiro atoms. The Morgan fingerprint density at radius 1 is 0.476 bits per heavy atom. The number of H-pyrrole nitrogens is 2. The Labute approximate surface area is 244 Å². The van der Waals surface area contributed by atoms with Gasteiger partial charge >= 0.3 is 0 Å². The van der Waals surface area contributed by atoms with Crippen LogP contribution in [0.3, 0.4) is 0 Å². The number of nitrogens with zero attached hydrogens (tertiary/aromatic N) is 2. The molecular formula is C36H32N6. The largest absolute Gasteiger partial charge is 0.341 e. The number of fused-ring (bicyclic) bond motifs is 4. The molecule has 6 aromatic rings. The van der Waals surface area contributed by atoms with Crippen molar-refractivity contribution in [2.75, 3.05) is 0 Å². The van der Waals surface area contributed by atoms with E-state index in [1.165, 1.54) is 69.5 Å². The zero-order valence-electron chi connectivity index (χ0n) is 23.3. The van der Waals surface area contributed by atoms with E-state index in [1.54, 1.807) is 0 Å². The molecule has 0 bridgehead atoms. The molecule has 4 heterocycles. The summed E-state index contributed by atoms with van der Waals surface area (Å²) in [5, 5.41) is 12.4. The molecule has 42 heavy (non-hydrogen) atoms. The Kier molecular flexibility index (Phi) is 4.79. The zero-order chi connectivity index (χ0) is 27.4. The van der Waals surface area contributed by atoms with Gasteiger partial charge in [0.25, 0.3) is 0 Å². The van der Waals surface area contributed by atoms with Crippen molar-refractivity contribution in [3.8, 4) is 33.6 Å². The van der Waals surface area contributed by atoms with Crippen molar-refractivity contribution in [3.63, 3.8) is 0 Å². The van der Waals surface area contributed by atoms with Crippen LogP contribution >= 0.6 is 0 Å². The second kappa shape index (κ2) is 8.63. The molecule has 2 aliphatic heterocycles. The average Bonchev–Trinajstić information content (AvgIpc) is 3.57. The summed E-state index contributed by atoms with van der Waals surface area (Å²) in [4.78, 5) is 16.6. The maximum atomic E-state index is 4.71. The van der Waals surface area contributed by atoms with Crippen LogP contribution in [0.2, 0.25) is 0 Å². The molecule has 6 heteroatoms. The van der Waals surface area contributed by atoms with Gasteiger partial charge in [0.15, 0.2) is 0 Å². The van der Waals surface area contributed by atoms with E-state index >= 15 is 0 Å². The fourth-order valence-electron chi connectivity index (χ4n) is 7.57. The van der Waals surface area contributed by atoms with E-state index < -0.39 is 0 Å². The number of aromatic nitrogens is 4. The first-order valence-electron chi connectivity index (χ1n) is 15.4. The van der Waals surface area contributed by atoms with Crippen molar-refractivity contribution in [2.45, 2.75) is 49.9 Å². The minimum Gasteiger partial charge on any atom is -0.341 e. The van der Waals surface area contributed by atoms with Gasteiger partial charge in [0, 0.05) is 23.2 Å². The van der Waals surface area contributed by atoms with E-state index in [1.807, 2.05) is 12.4 Å². The van der Waals surface area contributed by atoms with Gasteiger partial charge in [0.05, 0.1) is 35.9 Å².